The van der Waals surface area contributed by atoms with E-state index in [1.807, 2.05) is 6.07 Å². The number of nitrogens with one attached hydrogen (secondary N) is 1. The van der Waals surface area contributed by atoms with Crippen molar-refractivity contribution in [2.45, 2.75) is 0 Å². The van der Waals surface area contributed by atoms with E-state index >= 15 is 0 Å². The zero-order valence-electron chi connectivity index (χ0n) is 11.6. The third kappa shape index (κ3) is 4.35. The number of nitriles is 1. The Kier molecular flexibility index (Phi) is 5.10. The van der Waals surface area contributed by atoms with E-state index in [1.165, 1.54) is 18.3 Å². The van der Waals surface area contributed by atoms with Crippen LogP contribution >= 0.6 is 0 Å². The molecule has 0 saturated carbocycles. The number of phenols is 1. The van der Waals surface area contributed by atoms with Gasteiger partial charge in [0, 0.05) is 0 Å². The van der Waals surface area contributed by atoms with Gasteiger partial charge in [0.25, 0.3) is 5.91 Å². The summed E-state index contributed by atoms with van der Waals surface area (Å²) in [6.07, 6.45) is 1.40. The number of rotatable bonds is 5. The minimum atomic E-state index is -0.454. The lowest BCUT2D eigenvalue weighted by Crippen LogP contribution is -2.24. The van der Waals surface area contributed by atoms with E-state index < -0.39 is 5.91 Å². The van der Waals surface area contributed by atoms with Gasteiger partial charge in [-0.1, -0.05) is 24.3 Å². The molecule has 0 heterocycles. The Labute approximate surface area is 127 Å². The van der Waals surface area contributed by atoms with E-state index in [9.17, 15) is 9.90 Å². The average Bonchev–Trinajstić information content (AvgIpc) is 2.53. The van der Waals surface area contributed by atoms with Crippen molar-refractivity contribution >= 4 is 12.1 Å². The van der Waals surface area contributed by atoms with Crippen LogP contribution in [0, 0.1) is 11.3 Å². The van der Waals surface area contributed by atoms with E-state index in [0.29, 0.717) is 16.9 Å². The van der Waals surface area contributed by atoms with Gasteiger partial charge < -0.3 is 9.84 Å². The predicted molar refractivity (Wildman–Crippen MR) is 80.5 cm³/mol. The second-order valence-electron chi connectivity index (χ2n) is 4.28. The molecule has 0 atom stereocenters. The summed E-state index contributed by atoms with van der Waals surface area (Å²) in [7, 11) is 0. The quantitative estimate of drug-likeness (QED) is 0.649. The minimum absolute atomic E-state index is 0.117. The highest BCUT2D eigenvalue weighted by atomic mass is 16.5. The van der Waals surface area contributed by atoms with Crippen LogP contribution in [0.1, 0.15) is 11.1 Å². The molecule has 0 spiro atoms. The monoisotopic (exact) mass is 295 g/mol. The number of amides is 1. The Morgan fingerprint density at radius 3 is 2.91 bits per heavy atom. The number of aromatic hydroxyl groups is 1. The van der Waals surface area contributed by atoms with Crippen molar-refractivity contribution < 1.29 is 14.6 Å². The minimum Gasteiger partial charge on any atom is -0.508 e. The van der Waals surface area contributed by atoms with Crippen molar-refractivity contribution in [3.63, 3.8) is 0 Å². The van der Waals surface area contributed by atoms with Crippen molar-refractivity contribution in [3.8, 4) is 17.6 Å². The average molecular weight is 295 g/mol. The van der Waals surface area contributed by atoms with E-state index in [-0.39, 0.29) is 12.4 Å². The summed E-state index contributed by atoms with van der Waals surface area (Å²) < 4.78 is 5.26. The second-order valence-corrected chi connectivity index (χ2v) is 4.28. The molecule has 0 aliphatic carbocycles. The Bertz CT molecular complexity index is 735. The number of hydrogen-bond acceptors (Lipinski definition) is 5. The second kappa shape index (κ2) is 7.45. The molecule has 0 saturated heterocycles. The molecular weight excluding hydrogens is 282 g/mol. The zero-order valence-corrected chi connectivity index (χ0v) is 11.6. The van der Waals surface area contributed by atoms with Gasteiger partial charge in [-0.2, -0.15) is 10.4 Å². The highest BCUT2D eigenvalue weighted by molar-refractivity contribution is 5.83. The first kappa shape index (κ1) is 15.1. The molecule has 2 rings (SSSR count). The summed E-state index contributed by atoms with van der Waals surface area (Å²) in [4.78, 5) is 11.6. The van der Waals surface area contributed by atoms with Crippen LogP contribution in [0.25, 0.3) is 0 Å². The van der Waals surface area contributed by atoms with Crippen LogP contribution in [0.5, 0.6) is 11.5 Å². The molecule has 22 heavy (non-hydrogen) atoms. The first-order valence-corrected chi connectivity index (χ1v) is 6.42. The summed E-state index contributed by atoms with van der Waals surface area (Å²) in [5, 5.41) is 21.9. The van der Waals surface area contributed by atoms with Gasteiger partial charge in [-0.3, -0.25) is 4.79 Å². The molecule has 2 N–H and O–H groups in total. The number of benzene rings is 2. The van der Waals surface area contributed by atoms with E-state index in [4.69, 9.17) is 10.00 Å². The van der Waals surface area contributed by atoms with Crippen molar-refractivity contribution in [2.24, 2.45) is 5.10 Å². The first-order valence-electron chi connectivity index (χ1n) is 6.42. The van der Waals surface area contributed by atoms with Gasteiger partial charge in [-0.15, -0.1) is 0 Å². The van der Waals surface area contributed by atoms with Crippen molar-refractivity contribution in [3.05, 3.63) is 59.7 Å². The Balaban J connectivity index is 1.85. The number of ether oxygens (including phenoxy) is 1. The Morgan fingerprint density at radius 1 is 1.32 bits per heavy atom. The fraction of sp³-hybridized carbons (Fsp3) is 0.0625. The maximum atomic E-state index is 11.6. The molecule has 0 radical (unpaired) electrons. The lowest BCUT2D eigenvalue weighted by molar-refractivity contribution is -0.123. The molecule has 2 aromatic rings. The van der Waals surface area contributed by atoms with Gasteiger partial charge in [0.1, 0.15) is 17.6 Å². The molecule has 0 bridgehead atoms. The van der Waals surface area contributed by atoms with E-state index in [1.54, 1.807) is 36.4 Å². The van der Waals surface area contributed by atoms with Gasteiger partial charge in [-0.25, -0.2) is 5.43 Å². The van der Waals surface area contributed by atoms with Gasteiger partial charge in [0.2, 0.25) is 0 Å². The Morgan fingerprint density at radius 2 is 2.14 bits per heavy atom. The third-order valence-electron chi connectivity index (χ3n) is 2.64. The van der Waals surface area contributed by atoms with Crippen molar-refractivity contribution in [1.29, 1.82) is 5.26 Å². The van der Waals surface area contributed by atoms with Crippen LogP contribution in [0.2, 0.25) is 0 Å². The number of carbonyl (C=O) groups excluding carboxylic acids is 1. The number of phenolic OH excluding ortho intramolecular Hbond substituents is 1. The van der Waals surface area contributed by atoms with Crippen LogP contribution in [0.15, 0.2) is 53.6 Å². The number of nitrogens with zero attached hydrogens (tertiary/aromatic N) is 2. The summed E-state index contributed by atoms with van der Waals surface area (Å²) >= 11 is 0. The lowest BCUT2D eigenvalue weighted by Gasteiger charge is -2.06. The molecule has 6 heteroatoms. The fourth-order valence-corrected chi connectivity index (χ4v) is 1.64. The molecule has 1 amide bonds. The van der Waals surface area contributed by atoms with Crippen LogP contribution in [0.3, 0.4) is 0 Å². The van der Waals surface area contributed by atoms with Crippen LogP contribution in [0.4, 0.5) is 0 Å². The molecule has 0 aliphatic rings. The summed E-state index contributed by atoms with van der Waals surface area (Å²) in [5.74, 6) is 0.00739. The summed E-state index contributed by atoms with van der Waals surface area (Å²) in [6, 6.07) is 15.1. The molecule has 0 aliphatic heterocycles. The van der Waals surface area contributed by atoms with Gasteiger partial charge in [0.15, 0.2) is 6.61 Å². The van der Waals surface area contributed by atoms with Gasteiger partial charge in [0.05, 0.1) is 11.8 Å². The smallest absolute Gasteiger partial charge is 0.277 e. The van der Waals surface area contributed by atoms with E-state index in [0.717, 1.165) is 0 Å². The Hall–Kier alpha value is -3.33. The number of hydrazone groups is 1. The predicted octanol–water partition coefficient (Wildman–Crippen LogP) is 1.79. The molecule has 2 aromatic carbocycles. The molecule has 0 aromatic heterocycles. The normalized spacial score (nSPS) is 10.1. The first-order chi connectivity index (χ1) is 10.7. The van der Waals surface area contributed by atoms with Crippen LogP contribution < -0.4 is 10.2 Å². The standard InChI is InChI=1S/C16H13N3O3/c17-9-13-5-1-2-7-15(13)22-11-16(21)19-18-10-12-4-3-6-14(20)8-12/h1-8,10,20H,11H2,(H,19,21)/b18-10+. The summed E-state index contributed by atoms with van der Waals surface area (Å²) in [5.41, 5.74) is 3.31. The zero-order chi connectivity index (χ0) is 15.8. The molecule has 110 valence electrons. The topological polar surface area (TPSA) is 94.7 Å². The molecule has 0 unspecified atom stereocenters. The van der Waals surface area contributed by atoms with Crippen LogP contribution in [-0.4, -0.2) is 23.8 Å². The maximum Gasteiger partial charge on any atom is 0.277 e. The SMILES string of the molecule is N#Cc1ccccc1OCC(=O)N/N=C/c1cccc(O)c1. The molecule has 6 nitrogen and oxygen atoms in total. The largest absolute Gasteiger partial charge is 0.508 e. The molecular formula is C16H13N3O3. The van der Waals surface area contributed by atoms with Crippen molar-refractivity contribution in [2.75, 3.05) is 6.61 Å². The number of hydrogen-bond donors (Lipinski definition) is 2. The summed E-state index contributed by atoms with van der Waals surface area (Å²) in [6.45, 7) is -0.254. The molecule has 0 fully saturated rings. The lowest BCUT2D eigenvalue weighted by atomic mass is 10.2. The van der Waals surface area contributed by atoms with Gasteiger partial charge in [-0.05, 0) is 29.8 Å². The van der Waals surface area contributed by atoms with Crippen molar-refractivity contribution in [1.82, 2.24) is 5.43 Å². The highest BCUT2D eigenvalue weighted by Crippen LogP contribution is 2.16. The van der Waals surface area contributed by atoms with Gasteiger partial charge >= 0.3 is 0 Å². The third-order valence-corrected chi connectivity index (χ3v) is 2.64. The number of para-hydroxylation sites is 1. The number of carbonyl (C=O) groups is 1. The maximum absolute atomic E-state index is 11.6. The highest BCUT2D eigenvalue weighted by Gasteiger charge is 2.05. The fourth-order valence-electron chi connectivity index (χ4n) is 1.64. The van der Waals surface area contributed by atoms with Crippen LogP contribution in [-0.2, 0) is 4.79 Å². The van der Waals surface area contributed by atoms with E-state index in [2.05, 4.69) is 10.5 Å².